The van der Waals surface area contributed by atoms with Crippen molar-refractivity contribution < 1.29 is 14.3 Å². The van der Waals surface area contributed by atoms with Crippen molar-refractivity contribution in [3.8, 4) is 11.5 Å². The fourth-order valence-corrected chi connectivity index (χ4v) is 2.98. The second kappa shape index (κ2) is 7.08. The van der Waals surface area contributed by atoms with Gasteiger partial charge in [0, 0.05) is 5.56 Å². The molecule has 6 heteroatoms. The van der Waals surface area contributed by atoms with Gasteiger partial charge in [-0.15, -0.1) is 0 Å². The van der Waals surface area contributed by atoms with Crippen LogP contribution in [0, 0.1) is 5.41 Å². The summed E-state index contributed by atoms with van der Waals surface area (Å²) in [5, 5.41) is 9.61. The monoisotopic (exact) mass is 373 g/mol. The number of cyclic esters (lactones) is 1. The van der Waals surface area contributed by atoms with Gasteiger partial charge in [-0.25, -0.2) is 4.79 Å². The van der Waals surface area contributed by atoms with Crippen molar-refractivity contribution in [1.29, 1.82) is 5.41 Å². The molecule has 0 spiro atoms. The molecule has 0 bridgehead atoms. The number of amidine groups is 1. The van der Waals surface area contributed by atoms with E-state index in [-0.39, 0.29) is 5.84 Å². The molecule has 1 aliphatic heterocycles. The number of anilines is 1. The van der Waals surface area contributed by atoms with E-state index in [0.717, 1.165) is 10.8 Å². The summed E-state index contributed by atoms with van der Waals surface area (Å²) in [6.07, 6.45) is -0.624. The normalized spacial score (nSPS) is 18.7. The molecule has 1 fully saturated rings. The largest absolute Gasteiger partial charge is 0.457 e. The molecule has 3 aromatic carbocycles. The Morgan fingerprint density at radius 2 is 1.46 bits per heavy atom. The van der Waals surface area contributed by atoms with Gasteiger partial charge in [0.25, 0.3) is 0 Å². The van der Waals surface area contributed by atoms with Crippen LogP contribution in [0.4, 0.5) is 10.5 Å². The molecule has 0 saturated carbocycles. The summed E-state index contributed by atoms with van der Waals surface area (Å²) in [7, 11) is 0. The summed E-state index contributed by atoms with van der Waals surface area (Å²) in [5.41, 5.74) is 3.11. The van der Waals surface area contributed by atoms with E-state index in [9.17, 15) is 4.79 Å². The number of rotatable bonds is 5. The van der Waals surface area contributed by atoms with Gasteiger partial charge in [0.1, 0.15) is 11.5 Å². The zero-order valence-corrected chi connectivity index (χ0v) is 15.3. The summed E-state index contributed by atoms with van der Waals surface area (Å²) in [6.45, 7) is 1.70. The Morgan fingerprint density at radius 3 is 2.11 bits per heavy atom. The number of hydrogen-bond donors (Lipinski definition) is 2. The van der Waals surface area contributed by atoms with Crippen molar-refractivity contribution in [2.45, 2.75) is 12.5 Å². The van der Waals surface area contributed by atoms with Crippen LogP contribution in [0.1, 0.15) is 12.5 Å². The van der Waals surface area contributed by atoms with Crippen molar-refractivity contribution in [3.63, 3.8) is 0 Å². The Labute approximate surface area is 162 Å². The second-order valence-corrected chi connectivity index (χ2v) is 6.50. The van der Waals surface area contributed by atoms with Gasteiger partial charge < -0.3 is 9.47 Å². The molecule has 0 radical (unpaired) electrons. The minimum atomic E-state index is -1.19. The van der Waals surface area contributed by atoms with Gasteiger partial charge in [0.05, 0.1) is 5.69 Å². The summed E-state index contributed by atoms with van der Waals surface area (Å²) in [4.78, 5) is 12.4. The summed E-state index contributed by atoms with van der Waals surface area (Å²) >= 11 is 0. The number of para-hydroxylation sites is 2. The number of carbonyl (C=O) groups is 1. The lowest BCUT2D eigenvalue weighted by Crippen LogP contribution is -2.39. The molecule has 2 N–H and O–H groups in total. The molecule has 1 amide bonds. The van der Waals surface area contributed by atoms with E-state index >= 15 is 0 Å². The van der Waals surface area contributed by atoms with Crippen molar-refractivity contribution in [2.24, 2.45) is 0 Å². The van der Waals surface area contributed by atoms with E-state index in [4.69, 9.17) is 14.9 Å². The van der Waals surface area contributed by atoms with Crippen molar-refractivity contribution in [2.75, 3.05) is 5.43 Å². The van der Waals surface area contributed by atoms with E-state index in [2.05, 4.69) is 5.43 Å². The minimum absolute atomic E-state index is 0.0121. The Morgan fingerprint density at radius 1 is 0.893 bits per heavy atom. The Hall–Kier alpha value is -3.80. The third-order valence-electron chi connectivity index (χ3n) is 4.55. The first-order valence-electron chi connectivity index (χ1n) is 8.83. The molecular weight excluding hydrogens is 354 g/mol. The summed E-state index contributed by atoms with van der Waals surface area (Å²) in [5.74, 6) is 1.41. The molecule has 3 aromatic rings. The first-order valence-corrected chi connectivity index (χ1v) is 8.83. The molecule has 28 heavy (non-hydrogen) atoms. The van der Waals surface area contributed by atoms with Crippen molar-refractivity contribution in [1.82, 2.24) is 5.01 Å². The highest BCUT2D eigenvalue weighted by atomic mass is 16.6. The fraction of sp³-hybridized carbons (Fsp3) is 0.0909. The third-order valence-corrected chi connectivity index (χ3v) is 4.55. The number of amides is 1. The predicted octanol–water partition coefficient (Wildman–Crippen LogP) is 5.15. The molecular formula is C22H19N3O3. The Bertz CT molecular complexity index is 991. The molecule has 140 valence electrons. The zero-order valence-electron chi connectivity index (χ0n) is 15.3. The first kappa shape index (κ1) is 17.6. The molecule has 1 aliphatic rings. The highest BCUT2D eigenvalue weighted by Gasteiger charge is 2.49. The van der Waals surface area contributed by atoms with Crippen LogP contribution in [0.15, 0.2) is 84.9 Å². The number of hydrazine groups is 1. The van der Waals surface area contributed by atoms with Crippen LogP contribution in [0.25, 0.3) is 0 Å². The maximum atomic E-state index is 12.4. The first-order chi connectivity index (χ1) is 13.6. The number of benzene rings is 3. The Balaban J connectivity index is 1.53. The third kappa shape index (κ3) is 3.27. The lowest BCUT2D eigenvalue weighted by Gasteiger charge is -2.23. The molecule has 0 aliphatic carbocycles. The van der Waals surface area contributed by atoms with E-state index in [1.807, 2.05) is 60.7 Å². The van der Waals surface area contributed by atoms with E-state index < -0.39 is 11.7 Å². The smallest absolute Gasteiger partial charge is 0.436 e. The van der Waals surface area contributed by atoms with Gasteiger partial charge in [-0.2, -0.15) is 5.01 Å². The molecule has 1 atom stereocenters. The average Bonchev–Trinajstić information content (AvgIpc) is 2.94. The van der Waals surface area contributed by atoms with Crippen LogP contribution >= 0.6 is 0 Å². The van der Waals surface area contributed by atoms with Crippen LogP contribution in [-0.4, -0.2) is 16.9 Å². The van der Waals surface area contributed by atoms with Gasteiger partial charge >= 0.3 is 6.09 Å². The maximum absolute atomic E-state index is 12.4. The van der Waals surface area contributed by atoms with Crippen LogP contribution in [0.3, 0.4) is 0 Å². The number of nitrogens with one attached hydrogen (secondary N) is 2. The lowest BCUT2D eigenvalue weighted by atomic mass is 9.95. The Kier molecular flexibility index (Phi) is 4.45. The van der Waals surface area contributed by atoms with Crippen LogP contribution < -0.4 is 10.2 Å². The quantitative estimate of drug-likeness (QED) is 0.648. The van der Waals surface area contributed by atoms with Gasteiger partial charge in [-0.05, 0) is 43.3 Å². The number of nitrogens with zero attached hydrogens (tertiary/aromatic N) is 1. The minimum Gasteiger partial charge on any atom is -0.457 e. The summed E-state index contributed by atoms with van der Waals surface area (Å²) < 4.78 is 11.3. The lowest BCUT2D eigenvalue weighted by molar-refractivity contribution is 0.0892. The molecule has 6 nitrogen and oxygen atoms in total. The highest BCUT2D eigenvalue weighted by Crippen LogP contribution is 2.35. The molecule has 1 saturated heterocycles. The second-order valence-electron chi connectivity index (χ2n) is 6.50. The number of ether oxygens (including phenoxy) is 2. The molecule has 1 heterocycles. The van der Waals surface area contributed by atoms with E-state index in [1.165, 1.54) is 0 Å². The molecule has 1 unspecified atom stereocenters. The van der Waals surface area contributed by atoms with Gasteiger partial charge in [0.15, 0.2) is 11.4 Å². The van der Waals surface area contributed by atoms with Gasteiger partial charge in [-0.1, -0.05) is 48.5 Å². The zero-order chi connectivity index (χ0) is 19.6. The van der Waals surface area contributed by atoms with Crippen LogP contribution in [0.2, 0.25) is 0 Å². The van der Waals surface area contributed by atoms with Crippen LogP contribution in [0.5, 0.6) is 11.5 Å². The predicted molar refractivity (Wildman–Crippen MR) is 106 cm³/mol. The SMILES string of the molecule is CC1(c2ccc(Oc3ccccc3)cc2)OC(=O)N(Nc2ccccc2)C1=N. The maximum Gasteiger partial charge on any atom is 0.436 e. The van der Waals surface area contributed by atoms with Crippen molar-refractivity contribution in [3.05, 3.63) is 90.5 Å². The van der Waals surface area contributed by atoms with Crippen LogP contribution in [-0.2, 0) is 10.3 Å². The van der Waals surface area contributed by atoms with Gasteiger partial charge in [0.2, 0.25) is 0 Å². The topological polar surface area (TPSA) is 74.7 Å². The van der Waals surface area contributed by atoms with E-state index in [1.54, 1.807) is 31.2 Å². The van der Waals surface area contributed by atoms with Gasteiger partial charge in [-0.3, -0.25) is 10.8 Å². The number of hydrogen-bond acceptors (Lipinski definition) is 5. The summed E-state index contributed by atoms with van der Waals surface area (Å²) in [6, 6.07) is 25.8. The molecule has 4 rings (SSSR count). The van der Waals surface area contributed by atoms with E-state index in [0.29, 0.717) is 17.0 Å². The highest BCUT2D eigenvalue weighted by molar-refractivity contribution is 6.05. The standard InChI is InChI=1S/C22H19N3O3/c1-22(16-12-14-19(15-13-16)27-18-10-6-3-7-11-18)20(23)25(21(26)28-22)24-17-8-4-2-5-9-17/h2-15,23-24H,1H3. The number of carbonyl (C=O) groups excluding carboxylic acids is 1. The molecule has 0 aromatic heterocycles. The van der Waals surface area contributed by atoms with Crippen molar-refractivity contribution >= 4 is 17.6 Å². The fourth-order valence-electron chi connectivity index (χ4n) is 2.98. The average molecular weight is 373 g/mol.